The van der Waals surface area contributed by atoms with Crippen LogP contribution in [0.25, 0.3) is 17.0 Å². The number of pyridine rings is 1. The molecule has 0 amide bonds. The Morgan fingerprint density at radius 1 is 1.08 bits per heavy atom. The van der Waals surface area contributed by atoms with Gasteiger partial charge in [0.25, 0.3) is 0 Å². The average Bonchev–Trinajstić information content (AvgIpc) is 2.91. The Morgan fingerprint density at radius 2 is 1.84 bits per heavy atom. The van der Waals surface area contributed by atoms with E-state index in [0.29, 0.717) is 0 Å². The Bertz CT molecular complexity index is 965. The first-order valence-corrected chi connectivity index (χ1v) is 9.14. The van der Waals surface area contributed by atoms with Crippen molar-refractivity contribution in [3.63, 3.8) is 0 Å². The van der Waals surface area contributed by atoms with Crippen LogP contribution in [0.4, 0.5) is 5.69 Å². The van der Waals surface area contributed by atoms with Crippen molar-refractivity contribution in [3.05, 3.63) is 70.9 Å². The topological polar surface area (TPSA) is 7.12 Å². The Kier molecular flexibility index (Phi) is 5.39. The molecule has 4 rings (SSSR count). The van der Waals surface area contributed by atoms with E-state index < -0.39 is 0 Å². The summed E-state index contributed by atoms with van der Waals surface area (Å²) in [6.45, 7) is 5.33. The Labute approximate surface area is 170 Å². The van der Waals surface area contributed by atoms with Crippen LogP contribution in [-0.4, -0.2) is 7.05 Å². The molecule has 3 aromatic rings. The number of hydrogen-bond donors (Lipinski definition) is 0. The van der Waals surface area contributed by atoms with Crippen LogP contribution in [0.15, 0.2) is 64.5 Å². The molecule has 4 heteroatoms. The van der Waals surface area contributed by atoms with E-state index in [1.165, 1.54) is 37.8 Å². The van der Waals surface area contributed by atoms with Crippen LogP contribution in [0.1, 0.15) is 18.2 Å². The second-order valence-corrected chi connectivity index (χ2v) is 7.24. The number of hydrogen-bond acceptors (Lipinski definition) is 2. The molecule has 25 heavy (non-hydrogen) atoms. The van der Waals surface area contributed by atoms with Gasteiger partial charge in [-0.2, -0.15) is 4.57 Å². The highest BCUT2D eigenvalue weighted by atomic mass is 127. The van der Waals surface area contributed by atoms with Crippen molar-refractivity contribution in [2.75, 3.05) is 11.9 Å². The van der Waals surface area contributed by atoms with Crippen molar-refractivity contribution < 1.29 is 28.5 Å². The third-order valence-electron chi connectivity index (χ3n) is 4.58. The Balaban J connectivity index is 0.00000182. The summed E-state index contributed by atoms with van der Waals surface area (Å²) in [7, 11) is 2.14. The minimum atomic E-state index is 0. The van der Waals surface area contributed by atoms with Crippen molar-refractivity contribution in [1.82, 2.24) is 0 Å². The highest BCUT2D eigenvalue weighted by Crippen LogP contribution is 2.45. The summed E-state index contributed by atoms with van der Waals surface area (Å²) in [5.41, 5.74) is 5.13. The molecule has 0 unspecified atom stereocenters. The monoisotopic (exact) mass is 460 g/mol. The molecule has 1 aromatic heterocycles. The second kappa shape index (κ2) is 7.38. The predicted octanol–water partition coefficient (Wildman–Crippen LogP) is 2.00. The molecule has 1 aliphatic heterocycles. The summed E-state index contributed by atoms with van der Waals surface area (Å²) in [6.07, 6.45) is 2.30. The quantitative estimate of drug-likeness (QED) is 0.427. The van der Waals surface area contributed by atoms with Crippen LogP contribution >= 0.6 is 11.8 Å². The number of fused-ring (bicyclic) bond motifs is 2. The first-order valence-electron chi connectivity index (χ1n) is 8.33. The Hall–Kier alpha value is -1.53. The van der Waals surface area contributed by atoms with Gasteiger partial charge in [0, 0.05) is 35.5 Å². The number of para-hydroxylation sites is 1. The maximum Gasteiger partial charge on any atom is 0.213 e. The van der Waals surface area contributed by atoms with Crippen LogP contribution in [0.5, 0.6) is 0 Å². The van der Waals surface area contributed by atoms with Gasteiger partial charge in [-0.05, 0) is 43.7 Å². The number of rotatable bonds is 2. The van der Waals surface area contributed by atoms with Crippen LogP contribution in [0, 0.1) is 6.92 Å². The van der Waals surface area contributed by atoms with Crippen molar-refractivity contribution in [2.45, 2.75) is 25.3 Å². The van der Waals surface area contributed by atoms with Gasteiger partial charge in [-0.25, -0.2) is 0 Å². The van der Waals surface area contributed by atoms with E-state index in [4.69, 9.17) is 0 Å². The first kappa shape index (κ1) is 18.3. The van der Waals surface area contributed by atoms with Gasteiger partial charge < -0.3 is 28.9 Å². The summed E-state index contributed by atoms with van der Waals surface area (Å²) < 4.78 is 2.40. The van der Waals surface area contributed by atoms with Crippen molar-refractivity contribution in [2.24, 2.45) is 0 Å². The predicted molar refractivity (Wildman–Crippen MR) is 103 cm³/mol. The summed E-state index contributed by atoms with van der Waals surface area (Å²) >= 11 is 1.84. The molecular formula is C21H21IN2S. The van der Waals surface area contributed by atoms with Crippen LogP contribution in [0.2, 0.25) is 0 Å². The number of benzene rings is 2. The van der Waals surface area contributed by atoms with E-state index in [-0.39, 0.29) is 24.0 Å². The lowest BCUT2D eigenvalue weighted by Gasteiger charge is -2.13. The third kappa shape index (κ3) is 3.29. The van der Waals surface area contributed by atoms with Crippen LogP contribution in [-0.2, 0) is 6.54 Å². The zero-order valence-electron chi connectivity index (χ0n) is 14.7. The number of thioether (sulfide) groups is 1. The minimum Gasteiger partial charge on any atom is -1.00 e. The van der Waals surface area contributed by atoms with Gasteiger partial charge in [-0.1, -0.05) is 30.0 Å². The van der Waals surface area contributed by atoms with Gasteiger partial charge in [-0.3, -0.25) is 0 Å². The number of nitrogens with zero attached hydrogens (tertiary/aromatic N) is 2. The number of aryl methyl sites for hydroxylation is 2. The highest BCUT2D eigenvalue weighted by molar-refractivity contribution is 8.03. The smallest absolute Gasteiger partial charge is 0.213 e. The lowest BCUT2D eigenvalue weighted by molar-refractivity contribution is -0.669. The van der Waals surface area contributed by atoms with E-state index in [1.807, 2.05) is 11.8 Å². The molecule has 2 aromatic carbocycles. The van der Waals surface area contributed by atoms with E-state index in [2.05, 4.69) is 91.0 Å². The maximum atomic E-state index is 2.40. The van der Waals surface area contributed by atoms with E-state index >= 15 is 0 Å². The van der Waals surface area contributed by atoms with Crippen molar-refractivity contribution >= 4 is 34.4 Å². The van der Waals surface area contributed by atoms with Gasteiger partial charge in [0.1, 0.15) is 6.54 Å². The normalized spacial score (nSPS) is 14.7. The molecule has 0 aliphatic carbocycles. The van der Waals surface area contributed by atoms with Gasteiger partial charge in [0.05, 0.1) is 10.7 Å². The van der Waals surface area contributed by atoms with Crippen LogP contribution < -0.4 is 33.4 Å². The number of halogens is 1. The number of anilines is 1. The molecule has 1 aliphatic rings. The molecule has 0 radical (unpaired) electrons. The first-order chi connectivity index (χ1) is 11.7. The summed E-state index contributed by atoms with van der Waals surface area (Å²) in [4.78, 5) is 3.60. The SMILES string of the molecule is CC[n+]1c(/C=C2\Sc3ccccc3N2C)ccc2ccc(C)cc21.[I-]. The molecule has 0 N–H and O–H groups in total. The largest absolute Gasteiger partial charge is 1.00 e. The Morgan fingerprint density at radius 3 is 2.60 bits per heavy atom. The number of aromatic nitrogens is 1. The zero-order chi connectivity index (χ0) is 16.7. The standard InChI is InChI=1S/C21H21N2S.HI/c1-4-23-17(12-11-16-10-9-15(2)13-19(16)23)14-21-22(3)18-7-5-6-8-20(18)24-21;/h5-14H,4H2,1-3H3;1H/q+1;/p-1. The third-order valence-corrected chi connectivity index (χ3v) is 5.75. The zero-order valence-corrected chi connectivity index (χ0v) is 17.6. The molecule has 2 nitrogen and oxygen atoms in total. The summed E-state index contributed by atoms with van der Waals surface area (Å²) in [5.74, 6) is 0. The molecular weight excluding hydrogens is 439 g/mol. The molecule has 128 valence electrons. The molecule has 0 saturated carbocycles. The fourth-order valence-electron chi connectivity index (χ4n) is 3.28. The van der Waals surface area contributed by atoms with Gasteiger partial charge in [0.15, 0.2) is 0 Å². The minimum absolute atomic E-state index is 0. The van der Waals surface area contributed by atoms with E-state index in [9.17, 15) is 0 Å². The second-order valence-electron chi connectivity index (χ2n) is 6.18. The van der Waals surface area contributed by atoms with Crippen molar-refractivity contribution in [1.29, 1.82) is 0 Å². The van der Waals surface area contributed by atoms with E-state index in [1.54, 1.807) is 0 Å². The summed E-state index contributed by atoms with van der Waals surface area (Å²) in [6, 6.07) is 19.7. The van der Waals surface area contributed by atoms with Crippen LogP contribution in [0.3, 0.4) is 0 Å². The van der Waals surface area contributed by atoms with Gasteiger partial charge in [0.2, 0.25) is 11.2 Å². The maximum absolute atomic E-state index is 2.40. The molecule has 0 fully saturated rings. The molecule has 0 saturated heterocycles. The lowest BCUT2D eigenvalue weighted by atomic mass is 10.1. The molecule has 0 bridgehead atoms. The highest BCUT2D eigenvalue weighted by Gasteiger charge is 2.23. The molecule has 2 heterocycles. The van der Waals surface area contributed by atoms with E-state index in [0.717, 1.165) is 6.54 Å². The fraction of sp³-hybridized carbons (Fsp3) is 0.190. The molecule has 0 spiro atoms. The lowest BCUT2D eigenvalue weighted by Crippen LogP contribution is -3.00. The molecule has 0 atom stereocenters. The van der Waals surface area contributed by atoms with Gasteiger partial charge in [-0.15, -0.1) is 0 Å². The van der Waals surface area contributed by atoms with Crippen molar-refractivity contribution in [3.8, 4) is 0 Å². The average molecular weight is 460 g/mol. The fourth-order valence-corrected chi connectivity index (χ4v) is 4.38. The van der Waals surface area contributed by atoms with Gasteiger partial charge >= 0.3 is 0 Å². The summed E-state index contributed by atoms with van der Waals surface area (Å²) in [5, 5.41) is 2.56.